The Hall–Kier alpha value is -0.800. The SMILES string of the molecule is CC(C)Nc1ncc(CNC2CC2)cc1Cl. The maximum Gasteiger partial charge on any atom is 0.144 e. The predicted octanol–water partition coefficient (Wildman–Crippen LogP) is 2.81. The van der Waals surface area contributed by atoms with Crippen LogP contribution in [-0.4, -0.2) is 17.1 Å². The summed E-state index contributed by atoms with van der Waals surface area (Å²) < 4.78 is 0. The second kappa shape index (κ2) is 5.02. The van der Waals surface area contributed by atoms with Crippen molar-refractivity contribution in [1.29, 1.82) is 0 Å². The third-order valence-corrected chi connectivity index (χ3v) is 2.78. The monoisotopic (exact) mass is 239 g/mol. The van der Waals surface area contributed by atoms with Gasteiger partial charge in [-0.1, -0.05) is 11.6 Å². The van der Waals surface area contributed by atoms with Gasteiger partial charge in [0.15, 0.2) is 0 Å². The van der Waals surface area contributed by atoms with E-state index in [-0.39, 0.29) is 0 Å². The zero-order valence-corrected chi connectivity index (χ0v) is 10.5. The number of anilines is 1. The first-order valence-electron chi connectivity index (χ1n) is 5.79. The van der Waals surface area contributed by atoms with Crippen molar-refractivity contribution >= 4 is 17.4 Å². The van der Waals surface area contributed by atoms with Gasteiger partial charge in [0.2, 0.25) is 0 Å². The van der Waals surface area contributed by atoms with Gasteiger partial charge in [0.25, 0.3) is 0 Å². The molecular formula is C12H18ClN3. The Bertz CT molecular complexity index is 361. The Balaban J connectivity index is 1.97. The molecule has 3 nitrogen and oxygen atoms in total. The molecule has 0 aromatic carbocycles. The van der Waals surface area contributed by atoms with Crippen molar-refractivity contribution in [3.05, 3.63) is 22.8 Å². The quantitative estimate of drug-likeness (QED) is 0.830. The van der Waals surface area contributed by atoms with Gasteiger partial charge in [-0.15, -0.1) is 0 Å². The molecule has 4 heteroatoms. The molecule has 16 heavy (non-hydrogen) atoms. The Kier molecular flexibility index (Phi) is 3.66. The van der Waals surface area contributed by atoms with Crippen LogP contribution in [0.25, 0.3) is 0 Å². The minimum absolute atomic E-state index is 0.348. The highest BCUT2D eigenvalue weighted by Crippen LogP contribution is 2.22. The number of rotatable bonds is 5. The molecular weight excluding hydrogens is 222 g/mol. The van der Waals surface area contributed by atoms with Crippen molar-refractivity contribution < 1.29 is 0 Å². The molecule has 88 valence electrons. The van der Waals surface area contributed by atoms with Crippen molar-refractivity contribution in [2.75, 3.05) is 5.32 Å². The van der Waals surface area contributed by atoms with E-state index in [4.69, 9.17) is 11.6 Å². The lowest BCUT2D eigenvalue weighted by Gasteiger charge is -2.11. The van der Waals surface area contributed by atoms with Gasteiger partial charge < -0.3 is 10.6 Å². The topological polar surface area (TPSA) is 37.0 Å². The van der Waals surface area contributed by atoms with Gasteiger partial charge in [-0.05, 0) is 38.3 Å². The number of pyridine rings is 1. The smallest absolute Gasteiger partial charge is 0.144 e. The zero-order valence-electron chi connectivity index (χ0n) is 9.76. The number of hydrogen-bond donors (Lipinski definition) is 2. The standard InChI is InChI=1S/C12H18ClN3/c1-8(2)16-12-11(13)5-9(7-15-12)6-14-10-3-4-10/h5,7-8,10,14H,3-4,6H2,1-2H3,(H,15,16). The third-order valence-electron chi connectivity index (χ3n) is 2.50. The van der Waals surface area contributed by atoms with Gasteiger partial charge in [-0.2, -0.15) is 0 Å². The van der Waals surface area contributed by atoms with Crippen LogP contribution in [0.4, 0.5) is 5.82 Å². The molecule has 1 aliphatic rings. The van der Waals surface area contributed by atoms with Crippen LogP contribution in [0, 0.1) is 0 Å². The van der Waals surface area contributed by atoms with E-state index in [2.05, 4.69) is 29.5 Å². The fourth-order valence-corrected chi connectivity index (χ4v) is 1.75. The number of nitrogens with zero attached hydrogens (tertiary/aromatic N) is 1. The number of halogens is 1. The van der Waals surface area contributed by atoms with E-state index >= 15 is 0 Å². The fraction of sp³-hybridized carbons (Fsp3) is 0.583. The molecule has 0 amide bonds. The molecule has 0 aliphatic heterocycles. The normalized spacial score (nSPS) is 15.5. The first kappa shape index (κ1) is 11.7. The lowest BCUT2D eigenvalue weighted by Crippen LogP contribution is -2.16. The zero-order chi connectivity index (χ0) is 11.5. The van der Waals surface area contributed by atoms with E-state index in [0.29, 0.717) is 17.1 Å². The van der Waals surface area contributed by atoms with E-state index in [1.165, 1.54) is 12.8 Å². The molecule has 2 rings (SSSR count). The van der Waals surface area contributed by atoms with Crippen molar-refractivity contribution in [3.8, 4) is 0 Å². The second-order valence-electron chi connectivity index (χ2n) is 4.63. The van der Waals surface area contributed by atoms with E-state index in [9.17, 15) is 0 Å². The van der Waals surface area contributed by atoms with Gasteiger partial charge in [-0.25, -0.2) is 4.98 Å². The molecule has 1 fully saturated rings. The Morgan fingerprint density at radius 3 is 2.81 bits per heavy atom. The fourth-order valence-electron chi connectivity index (χ4n) is 1.50. The van der Waals surface area contributed by atoms with Crippen molar-refractivity contribution in [2.45, 2.75) is 45.3 Å². The van der Waals surface area contributed by atoms with Gasteiger partial charge in [0.05, 0.1) is 5.02 Å². The molecule has 0 saturated heterocycles. The van der Waals surface area contributed by atoms with Crippen molar-refractivity contribution in [1.82, 2.24) is 10.3 Å². The molecule has 1 aromatic rings. The summed E-state index contributed by atoms with van der Waals surface area (Å²) in [4.78, 5) is 4.33. The summed E-state index contributed by atoms with van der Waals surface area (Å²) in [5, 5.41) is 7.35. The lowest BCUT2D eigenvalue weighted by molar-refractivity contribution is 0.686. The Labute approximate surface area is 102 Å². The summed E-state index contributed by atoms with van der Waals surface area (Å²) in [6.45, 7) is 5.00. The average molecular weight is 240 g/mol. The Morgan fingerprint density at radius 2 is 2.25 bits per heavy atom. The van der Waals surface area contributed by atoms with Crippen LogP contribution in [0.1, 0.15) is 32.3 Å². The lowest BCUT2D eigenvalue weighted by atomic mass is 10.2. The maximum atomic E-state index is 6.15. The number of nitrogens with one attached hydrogen (secondary N) is 2. The molecule has 0 bridgehead atoms. The van der Waals surface area contributed by atoms with Crippen LogP contribution in [0.5, 0.6) is 0 Å². The molecule has 1 aromatic heterocycles. The summed E-state index contributed by atoms with van der Waals surface area (Å²) in [5.74, 6) is 0.770. The predicted molar refractivity (Wildman–Crippen MR) is 67.9 cm³/mol. The van der Waals surface area contributed by atoms with Crippen LogP contribution in [0.15, 0.2) is 12.3 Å². The molecule has 2 N–H and O–H groups in total. The average Bonchev–Trinajstić information content (AvgIpc) is 3.02. The van der Waals surface area contributed by atoms with E-state index in [1.807, 2.05) is 12.3 Å². The minimum Gasteiger partial charge on any atom is -0.367 e. The highest BCUT2D eigenvalue weighted by Gasteiger charge is 2.20. The van der Waals surface area contributed by atoms with E-state index < -0.39 is 0 Å². The highest BCUT2D eigenvalue weighted by atomic mass is 35.5. The largest absolute Gasteiger partial charge is 0.367 e. The first-order chi connectivity index (χ1) is 7.65. The molecule has 0 atom stereocenters. The van der Waals surface area contributed by atoms with Gasteiger partial charge in [0, 0.05) is 24.8 Å². The van der Waals surface area contributed by atoms with Crippen LogP contribution >= 0.6 is 11.6 Å². The van der Waals surface area contributed by atoms with Gasteiger partial charge in [0.1, 0.15) is 5.82 Å². The summed E-state index contributed by atoms with van der Waals surface area (Å²) in [7, 11) is 0. The Morgan fingerprint density at radius 1 is 1.50 bits per heavy atom. The van der Waals surface area contributed by atoms with Crippen LogP contribution < -0.4 is 10.6 Å². The van der Waals surface area contributed by atoms with E-state index in [1.54, 1.807) is 0 Å². The summed E-state index contributed by atoms with van der Waals surface area (Å²) in [6, 6.07) is 3.04. The number of aromatic nitrogens is 1. The van der Waals surface area contributed by atoms with Crippen molar-refractivity contribution in [3.63, 3.8) is 0 Å². The molecule has 1 aliphatic carbocycles. The first-order valence-corrected chi connectivity index (χ1v) is 6.17. The third kappa shape index (κ3) is 3.35. The van der Waals surface area contributed by atoms with E-state index in [0.717, 1.165) is 17.9 Å². The minimum atomic E-state index is 0.348. The molecule has 1 heterocycles. The summed E-state index contributed by atoms with van der Waals surface area (Å²) >= 11 is 6.15. The van der Waals surface area contributed by atoms with Crippen LogP contribution in [-0.2, 0) is 6.54 Å². The van der Waals surface area contributed by atoms with Gasteiger partial charge in [-0.3, -0.25) is 0 Å². The summed E-state index contributed by atoms with van der Waals surface area (Å²) in [6.07, 6.45) is 4.48. The molecule has 0 unspecified atom stereocenters. The van der Waals surface area contributed by atoms with Crippen LogP contribution in [0.2, 0.25) is 5.02 Å². The van der Waals surface area contributed by atoms with Crippen molar-refractivity contribution in [2.24, 2.45) is 0 Å². The maximum absolute atomic E-state index is 6.15. The number of hydrogen-bond acceptors (Lipinski definition) is 3. The molecule has 0 spiro atoms. The van der Waals surface area contributed by atoms with Crippen LogP contribution in [0.3, 0.4) is 0 Å². The van der Waals surface area contributed by atoms with Gasteiger partial charge >= 0.3 is 0 Å². The second-order valence-corrected chi connectivity index (χ2v) is 5.04. The highest BCUT2D eigenvalue weighted by molar-refractivity contribution is 6.32. The summed E-state index contributed by atoms with van der Waals surface area (Å²) in [5.41, 5.74) is 1.14. The molecule has 0 radical (unpaired) electrons. The molecule has 1 saturated carbocycles.